The molecule has 3 fully saturated rings. The molecule has 332 valence electrons. The van der Waals surface area contributed by atoms with E-state index < -0.39 is 30.5 Å². The second-order valence-electron chi connectivity index (χ2n) is 18.6. The van der Waals surface area contributed by atoms with Gasteiger partial charge >= 0.3 is 12.2 Å². The summed E-state index contributed by atoms with van der Waals surface area (Å²) in [6.45, 7) is 9.11. The summed E-state index contributed by atoms with van der Waals surface area (Å²) in [5.74, 6) is 2.58. The molecular formula is C49H60N8O6. The Hall–Kier alpha value is -5.73. The molecule has 2 saturated heterocycles. The van der Waals surface area contributed by atoms with Crippen molar-refractivity contribution in [3.8, 4) is 33.5 Å². The van der Waals surface area contributed by atoms with Gasteiger partial charge in [0, 0.05) is 13.1 Å². The zero-order chi connectivity index (χ0) is 44.1. The number of ether oxygens (including phenoxy) is 2. The van der Waals surface area contributed by atoms with Crippen LogP contribution in [0.3, 0.4) is 0 Å². The Balaban J connectivity index is 0.945. The maximum absolute atomic E-state index is 13.8. The van der Waals surface area contributed by atoms with Crippen LogP contribution >= 0.6 is 0 Å². The molecule has 2 aromatic heterocycles. The molecule has 2 aliphatic carbocycles. The number of benzene rings is 3. The lowest BCUT2D eigenvalue weighted by atomic mass is 9.73. The van der Waals surface area contributed by atoms with Crippen molar-refractivity contribution < 1.29 is 29.0 Å². The summed E-state index contributed by atoms with van der Waals surface area (Å²) in [5, 5.41) is 17.0. The van der Waals surface area contributed by atoms with Gasteiger partial charge in [-0.05, 0) is 120 Å². The number of hydrogen-bond acceptors (Lipinski definition) is 9. The van der Waals surface area contributed by atoms with E-state index >= 15 is 0 Å². The van der Waals surface area contributed by atoms with E-state index in [2.05, 4.69) is 75.2 Å². The quantitative estimate of drug-likeness (QED) is 0.0828. The average Bonchev–Trinajstić information content (AvgIpc) is 4.13. The topological polar surface area (TPSA) is 178 Å². The van der Waals surface area contributed by atoms with E-state index in [1.807, 2.05) is 43.7 Å². The molecular weight excluding hydrogens is 797 g/mol. The van der Waals surface area contributed by atoms with Crippen LogP contribution in [0.2, 0.25) is 0 Å². The lowest BCUT2D eigenvalue weighted by Crippen LogP contribution is -2.54. The van der Waals surface area contributed by atoms with Gasteiger partial charge in [-0.3, -0.25) is 9.69 Å². The number of H-pyrrole nitrogens is 2. The van der Waals surface area contributed by atoms with E-state index in [0.29, 0.717) is 24.9 Å². The molecule has 9 rings (SSSR count). The fourth-order valence-corrected chi connectivity index (χ4v) is 10.7. The van der Waals surface area contributed by atoms with Gasteiger partial charge in [0.15, 0.2) is 0 Å². The molecule has 3 unspecified atom stereocenters. The van der Waals surface area contributed by atoms with Crippen molar-refractivity contribution in [1.82, 2.24) is 40.4 Å². The molecule has 2 aliphatic heterocycles. The molecule has 1 saturated carbocycles. The SMILES string of the molecule is COC(=O)N[C@@H](C(C)C)C(O)N1CCC[C@H]1c1ncc(-c2ccc(-c3ccc(-c4ccc5nc([C@@H]6CCCN6C(=O)[C@@H](NC(=O)OC)C(C)C)[nH]c5c4)c4c3C3CCC3C4)cc2)[nH]1. The number of rotatable bonds is 12. The molecule has 7 atom stereocenters. The van der Waals surface area contributed by atoms with Crippen LogP contribution < -0.4 is 10.6 Å². The van der Waals surface area contributed by atoms with Crippen LogP contribution in [0.25, 0.3) is 44.5 Å². The van der Waals surface area contributed by atoms with Gasteiger partial charge in [0.2, 0.25) is 5.91 Å². The van der Waals surface area contributed by atoms with Crippen LogP contribution in [-0.2, 0) is 20.7 Å². The van der Waals surface area contributed by atoms with Crippen molar-refractivity contribution >= 4 is 29.1 Å². The normalized spacial score (nSPS) is 22.1. The third kappa shape index (κ3) is 7.96. The summed E-state index contributed by atoms with van der Waals surface area (Å²) < 4.78 is 9.65. The maximum Gasteiger partial charge on any atom is 0.407 e. The predicted molar refractivity (Wildman–Crippen MR) is 240 cm³/mol. The molecule has 5 aromatic rings. The van der Waals surface area contributed by atoms with Gasteiger partial charge in [0.25, 0.3) is 0 Å². The number of likely N-dealkylation sites (tertiary alicyclic amines) is 2. The number of carbonyl (C=O) groups excluding carboxylic acids is 3. The van der Waals surface area contributed by atoms with Crippen molar-refractivity contribution in [2.75, 3.05) is 27.3 Å². The minimum atomic E-state index is -0.886. The molecule has 3 amide bonds. The molecule has 0 spiro atoms. The van der Waals surface area contributed by atoms with Crippen molar-refractivity contribution in [2.24, 2.45) is 17.8 Å². The molecule has 5 N–H and O–H groups in total. The summed E-state index contributed by atoms with van der Waals surface area (Å²) >= 11 is 0. The highest BCUT2D eigenvalue weighted by atomic mass is 16.5. The Morgan fingerprint density at radius 1 is 0.778 bits per heavy atom. The van der Waals surface area contributed by atoms with Gasteiger partial charge in [-0.15, -0.1) is 0 Å². The highest BCUT2D eigenvalue weighted by Crippen LogP contribution is 2.56. The standard InChI is InChI=1S/C49H60N8O6/c1-26(2)42(54-48(60)62-5)46(58)56-21-7-9-39(56)44-50-25-38(53-44)29-13-11-28(12-14-29)33-19-18-32(35-23-30-15-17-34(30)41(33)35)31-16-20-36-37(24-31)52-45(51-36)40-10-8-22-57(40)47(59)43(27(3)4)55-49(61)63-6/h11-14,16,18-20,24-27,30,34,39-40,42-43,46,58H,7-10,15,17,21-23H2,1-6H3,(H,50,53)(H,51,52)(H,54,60)(H,55,61)/t30?,34?,39-,40-,42-,43-,46?/m0/s1. The summed E-state index contributed by atoms with van der Waals surface area (Å²) in [6.07, 6.45) is 6.78. The van der Waals surface area contributed by atoms with Crippen molar-refractivity contribution in [2.45, 2.75) is 109 Å². The number of aliphatic hydroxyl groups excluding tert-OH is 1. The Morgan fingerprint density at radius 3 is 2.19 bits per heavy atom. The Bertz CT molecular complexity index is 2490. The number of nitrogens with one attached hydrogen (secondary N) is 4. The third-order valence-corrected chi connectivity index (χ3v) is 14.2. The monoisotopic (exact) mass is 856 g/mol. The van der Waals surface area contributed by atoms with Crippen LogP contribution in [0.1, 0.15) is 107 Å². The zero-order valence-corrected chi connectivity index (χ0v) is 37.1. The fraction of sp³-hybridized carbons (Fsp3) is 0.490. The second kappa shape index (κ2) is 17.4. The van der Waals surface area contributed by atoms with Crippen LogP contribution in [-0.4, -0.2) is 98.6 Å². The minimum Gasteiger partial charge on any atom is -0.453 e. The smallest absolute Gasteiger partial charge is 0.407 e. The van der Waals surface area contributed by atoms with Gasteiger partial charge in [-0.25, -0.2) is 19.6 Å². The van der Waals surface area contributed by atoms with Gasteiger partial charge < -0.3 is 40.1 Å². The van der Waals surface area contributed by atoms with Crippen molar-refractivity contribution in [1.29, 1.82) is 0 Å². The lowest BCUT2D eigenvalue weighted by molar-refractivity contribution is -0.135. The number of hydrogen-bond donors (Lipinski definition) is 5. The number of imidazole rings is 2. The number of methoxy groups -OCH3 is 2. The van der Waals surface area contributed by atoms with E-state index in [1.165, 1.54) is 54.9 Å². The number of fused-ring (bicyclic) bond motifs is 4. The van der Waals surface area contributed by atoms with Crippen molar-refractivity contribution in [3.63, 3.8) is 0 Å². The van der Waals surface area contributed by atoms with E-state index in [4.69, 9.17) is 19.4 Å². The lowest BCUT2D eigenvalue weighted by Gasteiger charge is -2.35. The first-order valence-corrected chi connectivity index (χ1v) is 22.7. The molecule has 14 heteroatoms. The molecule has 4 heterocycles. The van der Waals surface area contributed by atoms with Crippen LogP contribution in [0, 0.1) is 17.8 Å². The maximum atomic E-state index is 13.8. The Morgan fingerprint density at radius 2 is 1.48 bits per heavy atom. The number of amides is 3. The minimum absolute atomic E-state index is 0.00268. The zero-order valence-electron chi connectivity index (χ0n) is 37.1. The number of aromatic amines is 2. The second-order valence-corrected chi connectivity index (χ2v) is 18.6. The van der Waals surface area contributed by atoms with E-state index in [9.17, 15) is 19.5 Å². The largest absolute Gasteiger partial charge is 0.453 e. The van der Waals surface area contributed by atoms with Gasteiger partial charge in [-0.2, -0.15) is 0 Å². The van der Waals surface area contributed by atoms with E-state index in [1.54, 1.807) is 0 Å². The average molecular weight is 857 g/mol. The summed E-state index contributed by atoms with van der Waals surface area (Å²) in [5.41, 5.74) is 11.6. The van der Waals surface area contributed by atoms with Crippen molar-refractivity contribution in [3.05, 3.63) is 83.6 Å². The van der Waals surface area contributed by atoms with E-state index in [-0.39, 0.29) is 29.8 Å². The van der Waals surface area contributed by atoms with E-state index in [0.717, 1.165) is 71.6 Å². The molecule has 0 radical (unpaired) electrons. The third-order valence-electron chi connectivity index (χ3n) is 14.2. The van der Waals surface area contributed by atoms with Gasteiger partial charge in [0.1, 0.15) is 23.9 Å². The number of carbonyl (C=O) groups is 3. The predicted octanol–water partition coefficient (Wildman–Crippen LogP) is 8.22. The highest BCUT2D eigenvalue weighted by molar-refractivity contribution is 5.88. The number of alkyl carbamates (subject to hydrolysis) is 2. The summed E-state index contributed by atoms with van der Waals surface area (Å²) in [4.78, 5) is 58.8. The molecule has 4 aliphatic rings. The van der Waals surface area contributed by atoms with Gasteiger partial charge in [-0.1, -0.05) is 70.2 Å². The first-order chi connectivity index (χ1) is 30.4. The molecule has 0 bridgehead atoms. The Labute approximate surface area is 368 Å². The molecule has 14 nitrogen and oxygen atoms in total. The van der Waals surface area contributed by atoms with Gasteiger partial charge in [0.05, 0.1) is 55.3 Å². The first-order valence-electron chi connectivity index (χ1n) is 22.7. The number of nitrogens with zero attached hydrogens (tertiary/aromatic N) is 4. The highest BCUT2D eigenvalue weighted by Gasteiger charge is 2.43. The van der Waals surface area contributed by atoms with Crippen LogP contribution in [0.15, 0.2) is 60.8 Å². The number of aliphatic hydroxyl groups is 1. The summed E-state index contributed by atoms with van der Waals surface area (Å²) in [7, 11) is 2.64. The number of aromatic nitrogens is 4. The molecule has 3 aromatic carbocycles. The van der Waals surface area contributed by atoms with Crippen LogP contribution in [0.4, 0.5) is 9.59 Å². The van der Waals surface area contributed by atoms with Crippen LogP contribution in [0.5, 0.6) is 0 Å². The first kappa shape index (κ1) is 42.6. The summed E-state index contributed by atoms with van der Waals surface area (Å²) in [6, 6.07) is 18.4. The molecule has 63 heavy (non-hydrogen) atoms. The Kier molecular flexibility index (Phi) is 11.8. The fourth-order valence-electron chi connectivity index (χ4n) is 10.7.